The first kappa shape index (κ1) is 30.0. The van der Waals surface area contributed by atoms with Crippen molar-refractivity contribution in [3.05, 3.63) is 208 Å². The second-order valence-corrected chi connectivity index (χ2v) is 15.2. The number of anilines is 2. The predicted molar refractivity (Wildman–Crippen MR) is 219 cm³/mol. The van der Waals surface area contributed by atoms with Gasteiger partial charge in [-0.1, -0.05) is 127 Å². The van der Waals surface area contributed by atoms with E-state index in [2.05, 4.69) is 157 Å². The van der Waals surface area contributed by atoms with Crippen LogP contribution >= 0.6 is 0 Å². The van der Waals surface area contributed by atoms with Gasteiger partial charge in [0.1, 0.15) is 0 Å². The van der Waals surface area contributed by atoms with Crippen molar-refractivity contribution in [1.82, 2.24) is 0 Å². The zero-order valence-corrected chi connectivity index (χ0v) is 29.5. The van der Waals surface area contributed by atoms with Gasteiger partial charge in [-0.15, -0.1) is 0 Å². The van der Waals surface area contributed by atoms with E-state index in [9.17, 15) is 0 Å². The highest BCUT2D eigenvalue weighted by Crippen LogP contribution is 2.65. The lowest BCUT2D eigenvalue weighted by atomic mass is 9.65. The van der Waals surface area contributed by atoms with Crippen molar-refractivity contribution in [3.63, 3.8) is 0 Å². The van der Waals surface area contributed by atoms with Gasteiger partial charge < -0.3 is 4.90 Å². The zero-order valence-electron chi connectivity index (χ0n) is 29.5. The van der Waals surface area contributed by atoms with Gasteiger partial charge >= 0.3 is 0 Å². The molecule has 1 heteroatoms. The molecular weight excluding hydrogens is 627 g/mol. The minimum absolute atomic E-state index is 0.173. The Labute approximate surface area is 306 Å². The smallest absolute Gasteiger partial charge is 0.0715 e. The molecule has 0 unspecified atom stereocenters. The Morgan fingerprint density at radius 3 is 2.02 bits per heavy atom. The largest absolute Gasteiger partial charge is 0.314 e. The van der Waals surface area contributed by atoms with E-state index in [1.165, 1.54) is 73.7 Å². The maximum absolute atomic E-state index is 2.65. The number of rotatable bonds is 4. The molecule has 0 N–H and O–H groups in total. The molecule has 11 rings (SSSR count). The zero-order chi connectivity index (χ0) is 34.2. The molecule has 0 heterocycles. The van der Waals surface area contributed by atoms with Crippen LogP contribution in [0.4, 0.5) is 11.4 Å². The summed E-state index contributed by atoms with van der Waals surface area (Å²) in [6.07, 6.45) is 26.3. The number of allylic oxidation sites excluding steroid dienone is 16. The second-order valence-electron chi connectivity index (χ2n) is 15.2. The van der Waals surface area contributed by atoms with E-state index in [1.54, 1.807) is 33.4 Å². The molecule has 0 radical (unpaired) electrons. The van der Waals surface area contributed by atoms with Crippen molar-refractivity contribution in [1.29, 1.82) is 0 Å². The second kappa shape index (κ2) is 11.7. The van der Waals surface area contributed by atoms with E-state index >= 15 is 0 Å². The average molecular weight is 668 g/mol. The summed E-state index contributed by atoms with van der Waals surface area (Å²) in [6, 6.07) is 40.5. The van der Waals surface area contributed by atoms with Crippen molar-refractivity contribution < 1.29 is 0 Å². The molecular formula is C51H41N. The molecule has 1 spiro atoms. The Balaban J connectivity index is 1.04. The Bertz CT molecular complexity index is 2580. The van der Waals surface area contributed by atoms with E-state index < -0.39 is 0 Å². The fraction of sp³-hybridized carbons (Fsp3) is 0.176. The normalized spacial score (nSPS) is 19.8. The minimum atomic E-state index is -0.173. The van der Waals surface area contributed by atoms with Crippen LogP contribution in [0, 0.1) is 0 Å². The van der Waals surface area contributed by atoms with Gasteiger partial charge in [0, 0.05) is 16.8 Å². The molecule has 0 aromatic heterocycles. The molecule has 250 valence electrons. The minimum Gasteiger partial charge on any atom is -0.314 e. The van der Waals surface area contributed by atoms with Crippen LogP contribution in [0.5, 0.6) is 0 Å². The third-order valence-corrected chi connectivity index (χ3v) is 12.7. The van der Waals surface area contributed by atoms with E-state index in [-0.39, 0.29) is 5.41 Å². The molecule has 0 amide bonds. The molecule has 0 bridgehead atoms. The summed E-state index contributed by atoms with van der Waals surface area (Å²) in [5.41, 5.74) is 19.2. The van der Waals surface area contributed by atoms with Gasteiger partial charge in [0.25, 0.3) is 0 Å². The standard InChI is InChI=1S/C51H41N/c1-2-14-37-32-40(30-26-34(37)12-1)52(50-23-11-15-36-13-3-4-16-41(36)50)39-28-24-35(25-29-39)38-27-31-45-44-19-7-10-22-48(44)51(49(45)33-38)46-20-8-5-17-42(46)43-18-6-9-21-47(43)51/h1-4,7-16,19-24,26,28,30,32-33H,5-6,17-18,25,27,29,31H2. The first-order valence-electron chi connectivity index (χ1n) is 19.3. The maximum Gasteiger partial charge on any atom is 0.0715 e. The Hall–Kier alpha value is -5.66. The summed E-state index contributed by atoms with van der Waals surface area (Å²) < 4.78 is 0. The van der Waals surface area contributed by atoms with Crippen LogP contribution in [-0.2, 0) is 5.41 Å². The molecule has 0 fully saturated rings. The SMILES string of the molecule is C1=CC2=C(CC1)C1=C(C=CCC1)C21C2=C(CCC(C3=CC=C(N(c4ccc5ccccc5c4)c4cccc5ccccc45)CC3)=C2)c2ccccc21. The number of benzene rings is 5. The van der Waals surface area contributed by atoms with E-state index in [0.29, 0.717) is 0 Å². The highest BCUT2D eigenvalue weighted by atomic mass is 15.1. The predicted octanol–water partition coefficient (Wildman–Crippen LogP) is 13.5. The fourth-order valence-corrected chi connectivity index (χ4v) is 10.5. The van der Waals surface area contributed by atoms with Crippen molar-refractivity contribution in [2.24, 2.45) is 0 Å². The quantitative estimate of drug-likeness (QED) is 0.184. The number of fused-ring (bicyclic) bond motifs is 9. The van der Waals surface area contributed by atoms with Gasteiger partial charge in [-0.25, -0.2) is 0 Å². The molecule has 6 aliphatic rings. The van der Waals surface area contributed by atoms with Crippen LogP contribution in [0.2, 0.25) is 0 Å². The van der Waals surface area contributed by atoms with Gasteiger partial charge in [-0.2, -0.15) is 0 Å². The maximum atomic E-state index is 2.65. The van der Waals surface area contributed by atoms with Crippen LogP contribution in [0.1, 0.15) is 62.5 Å². The molecule has 52 heavy (non-hydrogen) atoms. The Morgan fingerprint density at radius 2 is 1.21 bits per heavy atom. The molecule has 0 atom stereocenters. The molecule has 5 aromatic carbocycles. The third kappa shape index (κ3) is 4.29. The Morgan fingerprint density at radius 1 is 0.500 bits per heavy atom. The van der Waals surface area contributed by atoms with Crippen LogP contribution in [0.15, 0.2) is 196 Å². The highest BCUT2D eigenvalue weighted by molar-refractivity contribution is 5.98. The van der Waals surface area contributed by atoms with Crippen molar-refractivity contribution >= 4 is 38.5 Å². The number of hydrogen-bond acceptors (Lipinski definition) is 1. The fourth-order valence-electron chi connectivity index (χ4n) is 10.5. The first-order valence-corrected chi connectivity index (χ1v) is 19.3. The van der Waals surface area contributed by atoms with Gasteiger partial charge in [0.2, 0.25) is 0 Å². The lowest BCUT2D eigenvalue weighted by Crippen LogP contribution is -2.29. The summed E-state index contributed by atoms with van der Waals surface area (Å²) in [6.45, 7) is 0. The van der Waals surface area contributed by atoms with Crippen molar-refractivity contribution in [3.8, 4) is 0 Å². The van der Waals surface area contributed by atoms with Gasteiger partial charge in [0.15, 0.2) is 0 Å². The van der Waals surface area contributed by atoms with E-state index in [0.717, 1.165) is 38.5 Å². The highest BCUT2D eigenvalue weighted by Gasteiger charge is 2.54. The summed E-state index contributed by atoms with van der Waals surface area (Å²) in [7, 11) is 0. The molecule has 6 aliphatic carbocycles. The van der Waals surface area contributed by atoms with Crippen LogP contribution < -0.4 is 4.90 Å². The molecule has 1 nitrogen and oxygen atoms in total. The van der Waals surface area contributed by atoms with Crippen molar-refractivity contribution in [2.45, 2.75) is 56.8 Å². The van der Waals surface area contributed by atoms with Gasteiger partial charge in [-0.3, -0.25) is 0 Å². The van der Waals surface area contributed by atoms with Crippen LogP contribution in [-0.4, -0.2) is 0 Å². The summed E-state index contributed by atoms with van der Waals surface area (Å²) in [5.74, 6) is 0. The summed E-state index contributed by atoms with van der Waals surface area (Å²) in [5, 5.41) is 5.09. The van der Waals surface area contributed by atoms with Crippen LogP contribution in [0.3, 0.4) is 0 Å². The monoisotopic (exact) mass is 667 g/mol. The summed E-state index contributed by atoms with van der Waals surface area (Å²) in [4.78, 5) is 2.52. The number of hydrogen-bond donors (Lipinski definition) is 0. The number of nitrogens with zero attached hydrogens (tertiary/aromatic N) is 1. The van der Waals surface area contributed by atoms with E-state index in [4.69, 9.17) is 0 Å². The van der Waals surface area contributed by atoms with Crippen LogP contribution in [0.25, 0.3) is 27.1 Å². The lowest BCUT2D eigenvalue weighted by molar-refractivity contribution is 0.746. The van der Waals surface area contributed by atoms with E-state index in [1.807, 2.05) is 0 Å². The average Bonchev–Trinajstić information content (AvgIpc) is 3.68. The van der Waals surface area contributed by atoms with Gasteiger partial charge in [-0.05, 0) is 148 Å². The topological polar surface area (TPSA) is 3.24 Å². The molecule has 0 saturated carbocycles. The van der Waals surface area contributed by atoms with Crippen molar-refractivity contribution in [2.75, 3.05) is 4.90 Å². The molecule has 5 aromatic rings. The summed E-state index contributed by atoms with van der Waals surface area (Å²) >= 11 is 0. The molecule has 0 aliphatic heterocycles. The molecule has 0 saturated heterocycles. The third-order valence-electron chi connectivity index (χ3n) is 12.7. The first-order chi connectivity index (χ1) is 25.8. The Kier molecular flexibility index (Phi) is 6.74. The lowest BCUT2D eigenvalue weighted by Gasteiger charge is -2.36. The van der Waals surface area contributed by atoms with Gasteiger partial charge in [0.05, 0.1) is 11.1 Å².